The predicted octanol–water partition coefficient (Wildman–Crippen LogP) is 4.94. The minimum Gasteiger partial charge on any atom is -0.385 e. The zero-order valence-corrected chi connectivity index (χ0v) is 14.3. The minimum atomic E-state index is 0.766. The molecule has 1 heterocycles. The average molecular weight is 288 g/mol. The van der Waals surface area contributed by atoms with Gasteiger partial charge in [-0.15, -0.1) is 0 Å². The molecule has 0 aromatic heterocycles. The lowest BCUT2D eigenvalue weighted by molar-refractivity contribution is 0.535. The monoisotopic (exact) mass is 288 g/mol. The first-order valence-corrected chi connectivity index (χ1v) is 8.68. The van der Waals surface area contributed by atoms with E-state index < -0.39 is 0 Å². The van der Waals surface area contributed by atoms with Crippen LogP contribution in [0.4, 0.5) is 11.4 Å². The van der Waals surface area contributed by atoms with Gasteiger partial charge in [0.05, 0.1) is 0 Å². The smallest absolute Gasteiger partial charge is 0.0393 e. The highest BCUT2D eigenvalue weighted by Gasteiger charge is 2.13. The molecule has 1 N–H and O–H groups in total. The lowest BCUT2D eigenvalue weighted by atomic mass is 10.0. The van der Waals surface area contributed by atoms with E-state index in [0.717, 1.165) is 18.4 Å². The lowest BCUT2D eigenvalue weighted by Crippen LogP contribution is -2.28. The Bertz CT molecular complexity index is 425. The van der Waals surface area contributed by atoms with Crippen molar-refractivity contribution in [2.75, 3.05) is 29.9 Å². The first kappa shape index (κ1) is 16.2. The summed E-state index contributed by atoms with van der Waals surface area (Å²) < 4.78 is 0. The zero-order valence-electron chi connectivity index (χ0n) is 14.3. The second-order valence-electron chi connectivity index (χ2n) is 7.22. The second kappa shape index (κ2) is 7.72. The van der Waals surface area contributed by atoms with E-state index in [4.69, 9.17) is 0 Å². The summed E-state index contributed by atoms with van der Waals surface area (Å²) in [5.74, 6) is 1.53. The number of nitrogens with zero attached hydrogens (tertiary/aromatic N) is 1. The van der Waals surface area contributed by atoms with Crippen molar-refractivity contribution in [3.8, 4) is 0 Å². The molecule has 0 unspecified atom stereocenters. The van der Waals surface area contributed by atoms with Crippen LogP contribution in [0.25, 0.3) is 0 Å². The predicted molar refractivity (Wildman–Crippen MR) is 94.4 cm³/mol. The number of rotatable bonds is 7. The summed E-state index contributed by atoms with van der Waals surface area (Å²) in [6.45, 7) is 12.7. The fourth-order valence-corrected chi connectivity index (χ4v) is 2.84. The molecule has 0 amide bonds. The molecule has 0 fully saturated rings. The number of hydrogen-bond donors (Lipinski definition) is 1. The SMILES string of the molecule is CC(C)CCN(CCC(C)C)c1ccc2c(c1)NCCC2. The van der Waals surface area contributed by atoms with Crippen LogP contribution in [0.15, 0.2) is 18.2 Å². The van der Waals surface area contributed by atoms with Crippen LogP contribution in [-0.2, 0) is 6.42 Å². The summed E-state index contributed by atoms with van der Waals surface area (Å²) in [6, 6.07) is 7.02. The molecule has 0 bridgehead atoms. The third-order valence-corrected chi connectivity index (χ3v) is 4.35. The van der Waals surface area contributed by atoms with E-state index in [-0.39, 0.29) is 0 Å². The summed E-state index contributed by atoms with van der Waals surface area (Å²) in [6.07, 6.45) is 5.02. The molecule has 1 aromatic carbocycles. The fourth-order valence-electron chi connectivity index (χ4n) is 2.84. The number of benzene rings is 1. The molecule has 0 radical (unpaired) electrons. The maximum absolute atomic E-state index is 3.56. The van der Waals surface area contributed by atoms with E-state index in [1.54, 1.807) is 0 Å². The van der Waals surface area contributed by atoms with Crippen LogP contribution in [0.3, 0.4) is 0 Å². The van der Waals surface area contributed by atoms with Gasteiger partial charge in [0.2, 0.25) is 0 Å². The van der Waals surface area contributed by atoms with Crippen molar-refractivity contribution in [1.82, 2.24) is 0 Å². The molecule has 21 heavy (non-hydrogen) atoms. The normalized spacial score (nSPS) is 14.2. The van der Waals surface area contributed by atoms with Crippen LogP contribution in [0.1, 0.15) is 52.5 Å². The van der Waals surface area contributed by atoms with Crippen molar-refractivity contribution >= 4 is 11.4 Å². The zero-order chi connectivity index (χ0) is 15.2. The Morgan fingerprint density at radius 1 is 1.05 bits per heavy atom. The van der Waals surface area contributed by atoms with Gasteiger partial charge in [-0.1, -0.05) is 33.8 Å². The van der Waals surface area contributed by atoms with Crippen LogP contribution in [-0.4, -0.2) is 19.6 Å². The average Bonchev–Trinajstić information content (AvgIpc) is 2.46. The van der Waals surface area contributed by atoms with Crippen LogP contribution in [0, 0.1) is 11.8 Å². The van der Waals surface area contributed by atoms with Gasteiger partial charge < -0.3 is 10.2 Å². The largest absolute Gasteiger partial charge is 0.385 e. The van der Waals surface area contributed by atoms with Crippen LogP contribution in [0.2, 0.25) is 0 Å². The van der Waals surface area contributed by atoms with Crippen LogP contribution in [0.5, 0.6) is 0 Å². The maximum atomic E-state index is 3.56. The summed E-state index contributed by atoms with van der Waals surface area (Å²) in [5.41, 5.74) is 4.24. The highest BCUT2D eigenvalue weighted by Crippen LogP contribution is 2.28. The number of aryl methyl sites for hydroxylation is 1. The van der Waals surface area contributed by atoms with Gasteiger partial charge in [-0.25, -0.2) is 0 Å². The van der Waals surface area contributed by atoms with E-state index in [2.05, 4.69) is 56.1 Å². The molecule has 2 rings (SSSR count). The van der Waals surface area contributed by atoms with Crippen molar-refractivity contribution in [2.24, 2.45) is 11.8 Å². The summed E-state index contributed by atoms with van der Waals surface area (Å²) in [4.78, 5) is 2.58. The van der Waals surface area contributed by atoms with Crippen LogP contribution >= 0.6 is 0 Å². The molecular formula is C19H32N2. The molecule has 2 heteroatoms. The van der Waals surface area contributed by atoms with E-state index in [1.807, 2.05) is 0 Å². The number of hydrogen-bond acceptors (Lipinski definition) is 2. The topological polar surface area (TPSA) is 15.3 Å². The molecule has 118 valence electrons. The molecule has 0 atom stereocenters. The van der Waals surface area contributed by atoms with Gasteiger partial charge in [-0.2, -0.15) is 0 Å². The summed E-state index contributed by atoms with van der Waals surface area (Å²) >= 11 is 0. The summed E-state index contributed by atoms with van der Waals surface area (Å²) in [7, 11) is 0. The van der Waals surface area contributed by atoms with Gasteiger partial charge in [0, 0.05) is 31.0 Å². The quantitative estimate of drug-likeness (QED) is 0.764. The first-order valence-electron chi connectivity index (χ1n) is 8.68. The van der Waals surface area contributed by atoms with Crippen molar-refractivity contribution in [1.29, 1.82) is 0 Å². The first-order chi connectivity index (χ1) is 10.1. The molecule has 1 aliphatic heterocycles. The molecule has 1 aromatic rings. The fraction of sp³-hybridized carbons (Fsp3) is 0.684. The molecule has 0 saturated carbocycles. The van der Waals surface area contributed by atoms with E-state index >= 15 is 0 Å². The van der Waals surface area contributed by atoms with Gasteiger partial charge in [-0.3, -0.25) is 0 Å². The Morgan fingerprint density at radius 3 is 2.33 bits per heavy atom. The molecule has 0 saturated heterocycles. The Balaban J connectivity index is 2.10. The standard InChI is InChI=1S/C19H32N2/c1-15(2)9-12-21(13-10-16(3)4)18-8-7-17-6-5-11-20-19(17)14-18/h7-8,14-16,20H,5-6,9-13H2,1-4H3. The number of fused-ring (bicyclic) bond motifs is 1. The van der Waals surface area contributed by atoms with Gasteiger partial charge in [0.25, 0.3) is 0 Å². The van der Waals surface area contributed by atoms with E-state index in [0.29, 0.717) is 0 Å². The van der Waals surface area contributed by atoms with E-state index in [1.165, 1.54) is 55.7 Å². The Morgan fingerprint density at radius 2 is 1.71 bits per heavy atom. The third-order valence-electron chi connectivity index (χ3n) is 4.35. The van der Waals surface area contributed by atoms with E-state index in [9.17, 15) is 0 Å². The number of nitrogens with one attached hydrogen (secondary N) is 1. The molecule has 0 spiro atoms. The molecule has 0 aliphatic carbocycles. The highest BCUT2D eigenvalue weighted by atomic mass is 15.1. The molecule has 2 nitrogen and oxygen atoms in total. The van der Waals surface area contributed by atoms with Crippen molar-refractivity contribution < 1.29 is 0 Å². The Kier molecular flexibility index (Phi) is 5.96. The molecular weight excluding hydrogens is 256 g/mol. The van der Waals surface area contributed by atoms with Gasteiger partial charge >= 0.3 is 0 Å². The Hall–Kier alpha value is -1.18. The lowest BCUT2D eigenvalue weighted by Gasteiger charge is -2.28. The van der Waals surface area contributed by atoms with Gasteiger partial charge in [0.15, 0.2) is 0 Å². The van der Waals surface area contributed by atoms with Crippen LogP contribution < -0.4 is 10.2 Å². The number of anilines is 2. The third kappa shape index (κ3) is 4.94. The van der Waals surface area contributed by atoms with Crippen molar-refractivity contribution in [3.05, 3.63) is 23.8 Å². The van der Waals surface area contributed by atoms with Crippen molar-refractivity contribution in [2.45, 2.75) is 53.4 Å². The summed E-state index contributed by atoms with van der Waals surface area (Å²) in [5, 5.41) is 3.56. The molecule has 1 aliphatic rings. The Labute approximate surface area is 130 Å². The second-order valence-corrected chi connectivity index (χ2v) is 7.22. The van der Waals surface area contributed by atoms with Crippen molar-refractivity contribution in [3.63, 3.8) is 0 Å². The minimum absolute atomic E-state index is 0.766. The van der Waals surface area contributed by atoms with Gasteiger partial charge in [-0.05, 0) is 55.2 Å². The maximum Gasteiger partial charge on any atom is 0.0393 e. The highest BCUT2D eigenvalue weighted by molar-refractivity contribution is 5.63. The van der Waals surface area contributed by atoms with Gasteiger partial charge in [0.1, 0.15) is 0 Å².